The smallest absolute Gasteiger partial charge is 0.101 e. The van der Waals surface area contributed by atoms with Crippen molar-refractivity contribution in [3.8, 4) is 6.07 Å². The van der Waals surface area contributed by atoms with E-state index in [-0.39, 0.29) is 0 Å². The fourth-order valence-electron chi connectivity index (χ4n) is 1.51. The van der Waals surface area contributed by atoms with E-state index in [1.807, 2.05) is 25.4 Å². The van der Waals surface area contributed by atoms with Gasteiger partial charge >= 0.3 is 0 Å². The molecule has 0 spiro atoms. The summed E-state index contributed by atoms with van der Waals surface area (Å²) in [4.78, 5) is 0. The van der Waals surface area contributed by atoms with E-state index in [1.165, 1.54) is 0 Å². The molecule has 0 bridgehead atoms. The fraction of sp³-hybridized carbons (Fsp3) is 0.167. The Balaban J connectivity index is 2.07. The summed E-state index contributed by atoms with van der Waals surface area (Å²) < 4.78 is 1.75. The molecule has 0 saturated heterocycles. The molecular weight excluding hydrogens is 214 g/mol. The van der Waals surface area contributed by atoms with Crippen LogP contribution in [0.2, 0.25) is 0 Å². The lowest BCUT2D eigenvalue weighted by molar-refractivity contribution is 0.747. The van der Waals surface area contributed by atoms with Crippen molar-refractivity contribution in [3.63, 3.8) is 0 Å². The van der Waals surface area contributed by atoms with Crippen LogP contribution in [0.15, 0.2) is 30.5 Å². The minimum atomic E-state index is 0.482. The van der Waals surface area contributed by atoms with Crippen molar-refractivity contribution in [1.29, 1.82) is 5.26 Å². The highest BCUT2D eigenvalue weighted by Gasteiger charge is 2.01. The van der Waals surface area contributed by atoms with Gasteiger partial charge in [0.15, 0.2) is 0 Å². The highest BCUT2D eigenvalue weighted by molar-refractivity contribution is 5.61. The molecule has 5 heteroatoms. The Kier molecular flexibility index (Phi) is 2.97. The molecule has 0 aliphatic rings. The molecule has 1 aromatic carbocycles. The van der Waals surface area contributed by atoms with Crippen LogP contribution in [-0.4, -0.2) is 9.78 Å². The molecule has 17 heavy (non-hydrogen) atoms. The van der Waals surface area contributed by atoms with Gasteiger partial charge in [0.25, 0.3) is 0 Å². The maximum Gasteiger partial charge on any atom is 0.101 e. The zero-order valence-corrected chi connectivity index (χ0v) is 9.51. The van der Waals surface area contributed by atoms with Crippen LogP contribution in [-0.2, 0) is 13.6 Å². The standard InChI is InChI=1S/C12H13N5/c1-17-5-4-11(16-17)8-15-10-2-3-12(14)9(6-10)7-13/h2-6,15H,8,14H2,1H3. The van der Waals surface area contributed by atoms with Gasteiger partial charge in [-0.2, -0.15) is 10.4 Å². The summed E-state index contributed by atoms with van der Waals surface area (Å²) >= 11 is 0. The number of anilines is 2. The lowest BCUT2D eigenvalue weighted by atomic mass is 10.2. The van der Waals surface area contributed by atoms with E-state index in [9.17, 15) is 0 Å². The normalized spacial score (nSPS) is 9.88. The molecule has 0 fully saturated rings. The van der Waals surface area contributed by atoms with Crippen LogP contribution in [0.3, 0.4) is 0 Å². The third-order valence-corrected chi connectivity index (χ3v) is 2.42. The van der Waals surface area contributed by atoms with Crippen molar-refractivity contribution < 1.29 is 0 Å². The predicted molar refractivity (Wildman–Crippen MR) is 66.1 cm³/mol. The van der Waals surface area contributed by atoms with E-state index in [2.05, 4.69) is 16.5 Å². The second kappa shape index (κ2) is 4.58. The first-order valence-electron chi connectivity index (χ1n) is 5.21. The van der Waals surface area contributed by atoms with Gasteiger partial charge in [0, 0.05) is 24.6 Å². The van der Waals surface area contributed by atoms with Gasteiger partial charge < -0.3 is 11.1 Å². The molecular formula is C12H13N5. The van der Waals surface area contributed by atoms with E-state index in [0.29, 0.717) is 17.8 Å². The summed E-state index contributed by atoms with van der Waals surface area (Å²) in [7, 11) is 1.88. The van der Waals surface area contributed by atoms with E-state index in [1.54, 1.807) is 16.8 Å². The Hall–Kier alpha value is -2.48. The number of nitriles is 1. The van der Waals surface area contributed by atoms with E-state index >= 15 is 0 Å². The molecule has 0 amide bonds. The summed E-state index contributed by atoms with van der Waals surface area (Å²) in [6.45, 7) is 0.621. The monoisotopic (exact) mass is 227 g/mol. The highest BCUT2D eigenvalue weighted by atomic mass is 15.3. The van der Waals surface area contributed by atoms with Crippen LogP contribution in [0.4, 0.5) is 11.4 Å². The molecule has 0 atom stereocenters. The topological polar surface area (TPSA) is 79.7 Å². The fourth-order valence-corrected chi connectivity index (χ4v) is 1.51. The first-order valence-corrected chi connectivity index (χ1v) is 5.21. The van der Waals surface area contributed by atoms with E-state index < -0.39 is 0 Å². The number of aromatic nitrogens is 2. The van der Waals surface area contributed by atoms with Crippen molar-refractivity contribution in [3.05, 3.63) is 41.7 Å². The van der Waals surface area contributed by atoms with Crippen LogP contribution < -0.4 is 11.1 Å². The van der Waals surface area contributed by atoms with Gasteiger partial charge in [-0.15, -0.1) is 0 Å². The molecule has 2 rings (SSSR count). The number of hydrogen-bond acceptors (Lipinski definition) is 4. The summed E-state index contributed by atoms with van der Waals surface area (Å²) in [5, 5.41) is 16.3. The molecule has 0 unspecified atom stereocenters. The largest absolute Gasteiger partial charge is 0.398 e. The molecule has 0 saturated carbocycles. The zero-order valence-electron chi connectivity index (χ0n) is 9.51. The molecule has 3 N–H and O–H groups in total. The number of nitrogens with one attached hydrogen (secondary N) is 1. The molecule has 1 aromatic heterocycles. The third-order valence-electron chi connectivity index (χ3n) is 2.42. The molecule has 0 aliphatic carbocycles. The second-order valence-electron chi connectivity index (χ2n) is 3.75. The number of hydrogen-bond donors (Lipinski definition) is 2. The van der Waals surface area contributed by atoms with Gasteiger partial charge in [-0.25, -0.2) is 0 Å². The van der Waals surface area contributed by atoms with Crippen molar-refractivity contribution >= 4 is 11.4 Å². The van der Waals surface area contributed by atoms with E-state index in [4.69, 9.17) is 11.0 Å². The first-order chi connectivity index (χ1) is 8.19. The number of rotatable bonds is 3. The Morgan fingerprint density at radius 1 is 1.47 bits per heavy atom. The molecule has 0 aliphatic heterocycles. The van der Waals surface area contributed by atoms with Crippen molar-refractivity contribution in [1.82, 2.24) is 9.78 Å². The van der Waals surface area contributed by atoms with Crippen molar-refractivity contribution in [2.24, 2.45) is 7.05 Å². The highest BCUT2D eigenvalue weighted by Crippen LogP contribution is 2.17. The number of nitrogens with zero attached hydrogens (tertiary/aromatic N) is 3. The average molecular weight is 227 g/mol. The summed E-state index contributed by atoms with van der Waals surface area (Å²) in [5.41, 5.74) is 8.43. The maximum absolute atomic E-state index is 8.86. The minimum absolute atomic E-state index is 0.482. The molecule has 5 nitrogen and oxygen atoms in total. The van der Waals surface area contributed by atoms with Gasteiger partial charge in [-0.3, -0.25) is 4.68 Å². The van der Waals surface area contributed by atoms with Crippen LogP contribution in [0, 0.1) is 11.3 Å². The summed E-state index contributed by atoms with van der Waals surface area (Å²) in [6, 6.07) is 9.30. The SMILES string of the molecule is Cn1ccc(CNc2ccc(N)c(C#N)c2)n1. The van der Waals surface area contributed by atoms with Gasteiger partial charge in [-0.05, 0) is 24.3 Å². The lowest BCUT2D eigenvalue weighted by Gasteiger charge is -2.05. The summed E-state index contributed by atoms with van der Waals surface area (Å²) in [5.74, 6) is 0. The third kappa shape index (κ3) is 2.55. The van der Waals surface area contributed by atoms with Gasteiger partial charge in [0.1, 0.15) is 6.07 Å². The summed E-state index contributed by atoms with van der Waals surface area (Å²) in [6.07, 6.45) is 1.89. The average Bonchev–Trinajstić information content (AvgIpc) is 2.74. The zero-order chi connectivity index (χ0) is 12.3. The molecule has 0 radical (unpaired) electrons. The van der Waals surface area contributed by atoms with Crippen LogP contribution in [0.1, 0.15) is 11.3 Å². The predicted octanol–water partition coefficient (Wildman–Crippen LogP) is 1.49. The minimum Gasteiger partial charge on any atom is -0.398 e. The molecule has 86 valence electrons. The molecule has 2 aromatic rings. The first kappa shape index (κ1) is 11.0. The molecule has 1 heterocycles. The Morgan fingerprint density at radius 2 is 2.29 bits per heavy atom. The Labute approximate surface area is 99.5 Å². The quantitative estimate of drug-likeness (QED) is 0.778. The number of nitrogens with two attached hydrogens (primary N) is 1. The number of nitrogen functional groups attached to an aromatic ring is 1. The van der Waals surface area contributed by atoms with Crippen molar-refractivity contribution in [2.75, 3.05) is 11.1 Å². The van der Waals surface area contributed by atoms with Crippen LogP contribution >= 0.6 is 0 Å². The maximum atomic E-state index is 8.86. The van der Waals surface area contributed by atoms with Gasteiger partial charge in [0.05, 0.1) is 17.8 Å². The van der Waals surface area contributed by atoms with Crippen LogP contribution in [0.25, 0.3) is 0 Å². The van der Waals surface area contributed by atoms with Crippen LogP contribution in [0.5, 0.6) is 0 Å². The Morgan fingerprint density at radius 3 is 2.94 bits per heavy atom. The van der Waals surface area contributed by atoms with Gasteiger partial charge in [-0.1, -0.05) is 0 Å². The van der Waals surface area contributed by atoms with E-state index in [0.717, 1.165) is 11.4 Å². The number of benzene rings is 1. The Bertz CT molecular complexity index is 565. The second-order valence-corrected chi connectivity index (χ2v) is 3.75. The van der Waals surface area contributed by atoms with Crippen molar-refractivity contribution in [2.45, 2.75) is 6.54 Å². The lowest BCUT2D eigenvalue weighted by Crippen LogP contribution is -2.02. The van der Waals surface area contributed by atoms with Gasteiger partial charge in [0.2, 0.25) is 0 Å². The number of aryl methyl sites for hydroxylation is 1.